The molecule has 1 unspecified atom stereocenters. The number of carbonyl (C=O) groups is 2. The van der Waals surface area contributed by atoms with Crippen molar-refractivity contribution in [2.75, 3.05) is 23.8 Å². The number of ether oxygens (including phenoxy) is 1. The highest BCUT2D eigenvalue weighted by Crippen LogP contribution is 2.68. The lowest BCUT2D eigenvalue weighted by atomic mass is 10.1. The van der Waals surface area contributed by atoms with E-state index in [1.165, 1.54) is 12.1 Å². The number of hydrogen-bond acceptors (Lipinski definition) is 3. The molecule has 1 N–H and O–H groups in total. The van der Waals surface area contributed by atoms with Crippen LogP contribution in [-0.4, -0.2) is 36.0 Å². The normalized spacial score (nSPS) is 15.9. The molecule has 0 spiro atoms. The first-order valence-electron chi connectivity index (χ1n) is 11.5. The summed E-state index contributed by atoms with van der Waals surface area (Å²) in [4.78, 5) is 26.4. The van der Waals surface area contributed by atoms with Crippen molar-refractivity contribution in [2.24, 2.45) is 0 Å². The predicted molar refractivity (Wildman–Crippen MR) is 130 cm³/mol. The van der Waals surface area contributed by atoms with Crippen LogP contribution in [0.1, 0.15) is 49.3 Å². The maximum absolute atomic E-state index is 13.7. The number of halogens is 1. The summed E-state index contributed by atoms with van der Waals surface area (Å²) in [6, 6.07) is 12.6. The van der Waals surface area contributed by atoms with E-state index < -0.39 is 7.26 Å². The summed E-state index contributed by atoms with van der Waals surface area (Å²) in [6.07, 6.45) is 6.01. The molecule has 1 aliphatic rings. The number of benzene rings is 2. The zero-order valence-electron chi connectivity index (χ0n) is 19.3. The van der Waals surface area contributed by atoms with Crippen LogP contribution in [0.2, 0.25) is 0 Å². The SMILES string of the molecule is CCCC(C(=O)Nc1c(C)cc(F)cc1C)[P+]1(CC(=O)OCc2ccccc2)CCCC1. The molecule has 0 aliphatic carbocycles. The van der Waals surface area contributed by atoms with E-state index in [4.69, 9.17) is 4.74 Å². The monoisotopic (exact) mass is 458 g/mol. The zero-order chi connectivity index (χ0) is 23.1. The van der Waals surface area contributed by atoms with E-state index in [0.717, 1.165) is 43.6 Å². The van der Waals surface area contributed by atoms with Crippen molar-refractivity contribution in [1.29, 1.82) is 0 Å². The largest absolute Gasteiger partial charge is 0.458 e. The van der Waals surface area contributed by atoms with Crippen molar-refractivity contribution in [3.05, 3.63) is 65.0 Å². The Bertz CT molecular complexity index is 918. The first kappa shape index (κ1) is 24.4. The van der Waals surface area contributed by atoms with Gasteiger partial charge in [-0.3, -0.25) is 4.79 Å². The van der Waals surface area contributed by atoms with Crippen LogP contribution in [0, 0.1) is 19.7 Å². The molecule has 1 amide bonds. The van der Waals surface area contributed by atoms with Gasteiger partial charge in [0.15, 0.2) is 6.16 Å². The summed E-state index contributed by atoms with van der Waals surface area (Å²) >= 11 is 0. The van der Waals surface area contributed by atoms with E-state index in [0.29, 0.717) is 23.0 Å². The summed E-state index contributed by atoms with van der Waals surface area (Å²) in [5.41, 5.74) is 2.90. The molecule has 1 atom stereocenters. The molecule has 32 heavy (non-hydrogen) atoms. The lowest BCUT2D eigenvalue weighted by Gasteiger charge is -2.30. The van der Waals surface area contributed by atoms with Gasteiger partial charge in [-0.05, 0) is 61.9 Å². The van der Waals surface area contributed by atoms with Crippen LogP contribution in [0.15, 0.2) is 42.5 Å². The molecule has 0 bridgehead atoms. The smallest absolute Gasteiger partial charge is 0.344 e. The van der Waals surface area contributed by atoms with E-state index in [2.05, 4.69) is 12.2 Å². The Hall–Kier alpha value is -2.26. The van der Waals surface area contributed by atoms with Crippen LogP contribution < -0.4 is 5.32 Å². The molecule has 0 saturated carbocycles. The van der Waals surface area contributed by atoms with Crippen molar-refractivity contribution in [3.8, 4) is 0 Å². The van der Waals surface area contributed by atoms with Gasteiger partial charge in [0.1, 0.15) is 18.1 Å². The van der Waals surface area contributed by atoms with Gasteiger partial charge in [0.05, 0.1) is 12.3 Å². The Kier molecular flexibility index (Phi) is 8.42. The molecular formula is C26H34FNO3P+. The Morgan fingerprint density at radius 2 is 1.72 bits per heavy atom. The van der Waals surface area contributed by atoms with E-state index in [1.54, 1.807) is 0 Å². The maximum Gasteiger partial charge on any atom is 0.344 e. The molecule has 6 heteroatoms. The van der Waals surface area contributed by atoms with Gasteiger partial charge in [0, 0.05) is 12.9 Å². The van der Waals surface area contributed by atoms with Crippen molar-refractivity contribution >= 4 is 24.8 Å². The van der Waals surface area contributed by atoms with Gasteiger partial charge in [-0.2, -0.15) is 0 Å². The van der Waals surface area contributed by atoms with Gasteiger partial charge in [-0.1, -0.05) is 43.7 Å². The van der Waals surface area contributed by atoms with E-state index in [-0.39, 0.29) is 30.0 Å². The fourth-order valence-electron chi connectivity index (χ4n) is 4.83. The van der Waals surface area contributed by atoms with Crippen molar-refractivity contribution in [3.63, 3.8) is 0 Å². The van der Waals surface area contributed by atoms with Crippen LogP contribution in [-0.2, 0) is 20.9 Å². The third kappa shape index (κ3) is 5.95. The Balaban J connectivity index is 1.76. The van der Waals surface area contributed by atoms with Gasteiger partial charge in [-0.25, -0.2) is 9.18 Å². The molecule has 172 valence electrons. The Morgan fingerprint density at radius 3 is 2.31 bits per heavy atom. The van der Waals surface area contributed by atoms with Crippen molar-refractivity contribution in [1.82, 2.24) is 0 Å². The number of anilines is 1. The van der Waals surface area contributed by atoms with E-state index in [1.807, 2.05) is 44.2 Å². The molecule has 2 aromatic rings. The zero-order valence-corrected chi connectivity index (χ0v) is 20.2. The number of amides is 1. The molecular weight excluding hydrogens is 424 g/mol. The van der Waals surface area contributed by atoms with Gasteiger partial charge in [0.2, 0.25) is 0 Å². The standard InChI is InChI=1S/C26H33FNO3P/c1-4-10-23(26(30)28-25-19(2)15-22(27)16-20(25)3)32(13-8-9-14-32)18-24(29)31-17-21-11-6-5-7-12-21/h5-7,11-12,15-16,23H,4,8-10,13-14,17-18H2,1-3H3/p+1. The summed E-state index contributed by atoms with van der Waals surface area (Å²) in [6.45, 7) is 5.96. The Labute approximate surface area is 191 Å². The minimum Gasteiger partial charge on any atom is -0.458 e. The quantitative estimate of drug-likeness (QED) is 0.365. The lowest BCUT2D eigenvalue weighted by Crippen LogP contribution is -2.34. The molecule has 1 aliphatic heterocycles. The van der Waals surface area contributed by atoms with Gasteiger partial charge >= 0.3 is 5.97 Å². The third-order valence-corrected chi connectivity index (χ3v) is 11.5. The second kappa shape index (κ2) is 11.0. The highest BCUT2D eigenvalue weighted by molar-refractivity contribution is 7.78. The summed E-state index contributed by atoms with van der Waals surface area (Å²) in [7, 11) is -1.84. The van der Waals surface area contributed by atoms with Crippen molar-refractivity contribution in [2.45, 2.75) is 58.7 Å². The minimum atomic E-state index is -1.84. The second-order valence-corrected chi connectivity index (χ2v) is 13.2. The number of hydrogen-bond donors (Lipinski definition) is 1. The average Bonchev–Trinajstić information content (AvgIpc) is 3.22. The van der Waals surface area contributed by atoms with Crippen LogP contribution in [0.25, 0.3) is 0 Å². The summed E-state index contributed by atoms with van der Waals surface area (Å²) < 4.78 is 19.3. The first-order valence-corrected chi connectivity index (χ1v) is 13.9. The van der Waals surface area contributed by atoms with Gasteiger partial charge in [-0.15, -0.1) is 0 Å². The van der Waals surface area contributed by atoms with E-state index >= 15 is 0 Å². The number of esters is 1. The van der Waals surface area contributed by atoms with Crippen LogP contribution in [0.4, 0.5) is 10.1 Å². The average molecular weight is 459 g/mol. The highest BCUT2D eigenvalue weighted by atomic mass is 31.2. The number of nitrogens with one attached hydrogen (secondary N) is 1. The highest BCUT2D eigenvalue weighted by Gasteiger charge is 2.53. The first-order chi connectivity index (χ1) is 15.3. The second-order valence-electron chi connectivity index (χ2n) is 8.89. The summed E-state index contributed by atoms with van der Waals surface area (Å²) in [5, 5.41) is 3.09. The fraction of sp³-hybridized carbons (Fsp3) is 0.462. The number of carbonyl (C=O) groups excluding carboxylic acids is 2. The number of rotatable bonds is 9. The predicted octanol–water partition coefficient (Wildman–Crippen LogP) is 6.10. The Morgan fingerprint density at radius 1 is 1.09 bits per heavy atom. The van der Waals surface area contributed by atoms with Crippen molar-refractivity contribution < 1.29 is 18.7 Å². The lowest BCUT2D eigenvalue weighted by molar-refractivity contribution is -0.141. The molecule has 1 saturated heterocycles. The molecule has 0 aromatic heterocycles. The van der Waals surface area contributed by atoms with E-state index in [9.17, 15) is 14.0 Å². The molecule has 4 nitrogen and oxygen atoms in total. The fourth-order valence-corrected chi connectivity index (χ4v) is 9.89. The van der Waals surface area contributed by atoms with Gasteiger partial charge < -0.3 is 10.1 Å². The molecule has 1 heterocycles. The molecule has 2 aromatic carbocycles. The van der Waals surface area contributed by atoms with Crippen LogP contribution in [0.5, 0.6) is 0 Å². The molecule has 3 rings (SSSR count). The van der Waals surface area contributed by atoms with Gasteiger partial charge in [0.25, 0.3) is 5.91 Å². The molecule has 0 radical (unpaired) electrons. The minimum absolute atomic E-state index is 0.0317. The van der Waals surface area contributed by atoms with Crippen LogP contribution >= 0.6 is 7.26 Å². The summed E-state index contributed by atoms with van der Waals surface area (Å²) in [5.74, 6) is -0.535. The van der Waals surface area contributed by atoms with Crippen LogP contribution in [0.3, 0.4) is 0 Å². The maximum atomic E-state index is 13.7. The molecule has 1 fully saturated rings. The third-order valence-electron chi connectivity index (χ3n) is 6.42. The number of aryl methyl sites for hydroxylation is 2. The topological polar surface area (TPSA) is 55.4 Å².